The maximum Gasteiger partial charge on any atom is 0.507 e. The molecule has 0 aliphatic carbocycles. The molecule has 0 fully saturated rings. The third-order valence-corrected chi connectivity index (χ3v) is 0.333. The standard InChI is InChI=1S/C3H6O3.CH2O3.H2O/c1-5-3(4)6-2;2-1(3)4;/h1-2H3;(H2,2,3,4);1H2. The third-order valence-electron chi connectivity index (χ3n) is 0.333. The van der Waals surface area contributed by atoms with Crippen molar-refractivity contribution in [3.05, 3.63) is 0 Å². The van der Waals surface area contributed by atoms with Gasteiger partial charge in [0.15, 0.2) is 0 Å². The van der Waals surface area contributed by atoms with Crippen molar-refractivity contribution in [2.24, 2.45) is 0 Å². The summed E-state index contributed by atoms with van der Waals surface area (Å²) >= 11 is 0. The summed E-state index contributed by atoms with van der Waals surface area (Å²) in [6.07, 6.45) is -2.49. The Hall–Kier alpha value is -1.50. The number of hydrogen-bond donors (Lipinski definition) is 2. The second-order valence-corrected chi connectivity index (χ2v) is 0.941. The molecule has 0 radical (unpaired) electrons. The van der Waals surface area contributed by atoms with E-state index in [1.807, 2.05) is 0 Å². The lowest BCUT2D eigenvalue weighted by molar-refractivity contribution is 0.0924. The molecule has 0 spiro atoms. The van der Waals surface area contributed by atoms with Gasteiger partial charge in [0.2, 0.25) is 0 Å². The summed E-state index contributed by atoms with van der Waals surface area (Å²) in [6.45, 7) is 0. The summed E-state index contributed by atoms with van der Waals surface area (Å²) in [5.41, 5.74) is 0. The minimum absolute atomic E-state index is 0. The molecule has 0 aromatic heterocycles. The molecule has 0 atom stereocenters. The lowest BCUT2D eigenvalue weighted by Crippen LogP contribution is -1.97. The zero-order chi connectivity index (χ0) is 8.57. The lowest BCUT2D eigenvalue weighted by atomic mass is 11.3. The van der Waals surface area contributed by atoms with Crippen LogP contribution >= 0.6 is 0 Å². The molecular weight excluding hydrogens is 160 g/mol. The molecule has 0 heterocycles. The molecule has 68 valence electrons. The van der Waals surface area contributed by atoms with E-state index in [9.17, 15) is 4.79 Å². The van der Waals surface area contributed by atoms with Crippen LogP contribution in [0.5, 0.6) is 0 Å². The molecule has 0 aliphatic rings. The Morgan fingerprint density at radius 1 is 1.09 bits per heavy atom. The molecule has 0 bridgehead atoms. The van der Waals surface area contributed by atoms with E-state index in [0.717, 1.165) is 0 Å². The number of methoxy groups -OCH3 is 2. The monoisotopic (exact) mass is 170 g/mol. The largest absolute Gasteiger partial charge is 0.507 e. The second-order valence-electron chi connectivity index (χ2n) is 0.941. The van der Waals surface area contributed by atoms with Gasteiger partial charge >= 0.3 is 12.3 Å². The van der Waals surface area contributed by atoms with Crippen molar-refractivity contribution in [3.63, 3.8) is 0 Å². The summed E-state index contributed by atoms with van der Waals surface area (Å²) in [4.78, 5) is 18.3. The molecule has 7 heteroatoms. The minimum atomic E-state index is -1.83. The van der Waals surface area contributed by atoms with Crippen LogP contribution in [0.1, 0.15) is 0 Å². The van der Waals surface area contributed by atoms with Crippen molar-refractivity contribution in [2.45, 2.75) is 0 Å². The SMILES string of the molecule is COC(=O)OC.O.O=C(O)O. The van der Waals surface area contributed by atoms with Crippen LogP contribution in [0, 0.1) is 0 Å². The quantitative estimate of drug-likeness (QED) is 0.485. The summed E-state index contributed by atoms with van der Waals surface area (Å²) in [6, 6.07) is 0. The summed E-state index contributed by atoms with van der Waals surface area (Å²) < 4.78 is 8.08. The Bertz CT molecular complexity index is 99.0. The van der Waals surface area contributed by atoms with Gasteiger partial charge < -0.3 is 25.2 Å². The number of hydrogen-bond acceptors (Lipinski definition) is 4. The van der Waals surface area contributed by atoms with Crippen LogP contribution in [-0.4, -0.2) is 42.2 Å². The predicted octanol–water partition coefficient (Wildman–Crippen LogP) is -0.203. The topological polar surface area (TPSA) is 125 Å². The van der Waals surface area contributed by atoms with Gasteiger partial charge in [-0.15, -0.1) is 0 Å². The van der Waals surface area contributed by atoms with E-state index >= 15 is 0 Å². The summed E-state index contributed by atoms with van der Waals surface area (Å²) in [5, 5.41) is 13.9. The van der Waals surface area contributed by atoms with Crippen molar-refractivity contribution >= 4 is 12.3 Å². The Morgan fingerprint density at radius 2 is 1.27 bits per heavy atom. The maximum absolute atomic E-state index is 9.74. The number of rotatable bonds is 0. The van der Waals surface area contributed by atoms with Gasteiger partial charge in [0.25, 0.3) is 0 Å². The first-order valence-electron chi connectivity index (χ1n) is 2.08. The van der Waals surface area contributed by atoms with Gasteiger partial charge in [0.1, 0.15) is 0 Å². The van der Waals surface area contributed by atoms with Gasteiger partial charge in [0, 0.05) is 0 Å². The fraction of sp³-hybridized carbons (Fsp3) is 0.500. The first-order chi connectivity index (χ1) is 4.54. The highest BCUT2D eigenvalue weighted by Crippen LogP contribution is 1.72. The van der Waals surface area contributed by atoms with E-state index < -0.39 is 12.3 Å². The number of carbonyl (C=O) groups is 2. The van der Waals surface area contributed by atoms with Crippen LogP contribution in [0.2, 0.25) is 0 Å². The van der Waals surface area contributed by atoms with Gasteiger partial charge in [-0.25, -0.2) is 9.59 Å². The van der Waals surface area contributed by atoms with Gasteiger partial charge in [-0.2, -0.15) is 0 Å². The Kier molecular flexibility index (Phi) is 16.7. The fourth-order valence-corrected chi connectivity index (χ4v) is 0.0833. The highest BCUT2D eigenvalue weighted by Gasteiger charge is 1.88. The van der Waals surface area contributed by atoms with Crippen LogP contribution in [0.4, 0.5) is 9.59 Å². The van der Waals surface area contributed by atoms with E-state index in [4.69, 9.17) is 15.0 Å². The first-order valence-corrected chi connectivity index (χ1v) is 2.08. The average Bonchev–Trinajstić information content (AvgIpc) is 1.85. The molecule has 0 amide bonds. The maximum atomic E-state index is 9.74. The Balaban J connectivity index is -0.000000114. The van der Waals surface area contributed by atoms with Gasteiger partial charge in [-0.05, 0) is 0 Å². The van der Waals surface area contributed by atoms with Crippen molar-refractivity contribution in [1.82, 2.24) is 0 Å². The van der Waals surface area contributed by atoms with E-state index in [1.165, 1.54) is 14.2 Å². The number of ether oxygens (including phenoxy) is 2. The van der Waals surface area contributed by atoms with Crippen LogP contribution in [-0.2, 0) is 9.47 Å². The summed E-state index contributed by atoms with van der Waals surface area (Å²) in [7, 11) is 2.51. The van der Waals surface area contributed by atoms with Crippen LogP contribution in [0.15, 0.2) is 0 Å². The molecule has 0 saturated carbocycles. The number of carboxylic acid groups (broad SMARTS) is 2. The van der Waals surface area contributed by atoms with Gasteiger partial charge in [0.05, 0.1) is 14.2 Å². The molecule has 0 aliphatic heterocycles. The summed E-state index contributed by atoms with van der Waals surface area (Å²) in [5.74, 6) is 0. The van der Waals surface area contributed by atoms with Crippen LogP contribution in [0.3, 0.4) is 0 Å². The molecule has 0 saturated heterocycles. The Morgan fingerprint density at radius 3 is 1.27 bits per heavy atom. The lowest BCUT2D eigenvalue weighted by Gasteiger charge is -1.89. The van der Waals surface area contributed by atoms with Crippen molar-refractivity contribution < 1.29 is 34.8 Å². The zero-order valence-corrected chi connectivity index (χ0v) is 6.03. The third kappa shape index (κ3) is 57.5. The fourth-order valence-electron chi connectivity index (χ4n) is 0.0833. The van der Waals surface area contributed by atoms with Crippen molar-refractivity contribution in [1.29, 1.82) is 0 Å². The van der Waals surface area contributed by atoms with Crippen molar-refractivity contribution in [3.8, 4) is 0 Å². The van der Waals surface area contributed by atoms with Crippen LogP contribution < -0.4 is 0 Å². The van der Waals surface area contributed by atoms with Crippen molar-refractivity contribution in [2.75, 3.05) is 14.2 Å². The normalized spacial score (nSPS) is 6.00. The minimum Gasteiger partial charge on any atom is -0.450 e. The van der Waals surface area contributed by atoms with Gasteiger partial charge in [-0.3, -0.25) is 0 Å². The zero-order valence-electron chi connectivity index (χ0n) is 6.03. The highest BCUT2D eigenvalue weighted by atomic mass is 16.7. The molecule has 4 N–H and O–H groups in total. The second kappa shape index (κ2) is 11.3. The molecule has 0 rings (SSSR count). The smallest absolute Gasteiger partial charge is 0.450 e. The van der Waals surface area contributed by atoms with E-state index in [0.29, 0.717) is 0 Å². The highest BCUT2D eigenvalue weighted by molar-refractivity contribution is 5.59. The molecule has 11 heavy (non-hydrogen) atoms. The van der Waals surface area contributed by atoms with Gasteiger partial charge in [-0.1, -0.05) is 0 Å². The average molecular weight is 170 g/mol. The molecule has 0 aromatic carbocycles. The predicted molar refractivity (Wildman–Crippen MR) is 33.7 cm³/mol. The first kappa shape index (κ1) is 16.2. The molecule has 0 unspecified atom stereocenters. The van der Waals surface area contributed by atoms with E-state index in [1.54, 1.807) is 0 Å². The Labute approximate surface area is 62.5 Å². The molecule has 7 nitrogen and oxygen atoms in total. The van der Waals surface area contributed by atoms with E-state index in [2.05, 4.69) is 9.47 Å². The molecular formula is C4H10O7. The number of carbonyl (C=O) groups excluding carboxylic acids is 1. The molecule has 0 aromatic rings. The van der Waals surface area contributed by atoms with E-state index in [-0.39, 0.29) is 5.48 Å². The van der Waals surface area contributed by atoms with Crippen LogP contribution in [0.25, 0.3) is 0 Å².